The molecule has 1 heterocycles. The third kappa shape index (κ3) is 3.04. The Bertz CT molecular complexity index is 573. The van der Waals surface area contributed by atoms with Crippen LogP contribution in [0.5, 0.6) is 0 Å². The Morgan fingerprint density at radius 1 is 1.20 bits per heavy atom. The van der Waals surface area contributed by atoms with Crippen molar-refractivity contribution in [1.82, 2.24) is 9.78 Å². The Morgan fingerprint density at radius 3 is 2.35 bits per heavy atom. The smallest absolute Gasteiger partial charge is 0.123 e. The summed E-state index contributed by atoms with van der Waals surface area (Å²) < 4.78 is 15.0. The first-order valence-electron chi connectivity index (χ1n) is 7.03. The third-order valence-corrected chi connectivity index (χ3v) is 3.71. The van der Waals surface area contributed by atoms with Gasteiger partial charge in [-0.05, 0) is 37.5 Å². The fraction of sp³-hybridized carbons (Fsp3) is 0.438. The maximum Gasteiger partial charge on any atom is 0.123 e. The molecule has 108 valence electrons. The summed E-state index contributed by atoms with van der Waals surface area (Å²) in [6, 6.07) is 6.56. The van der Waals surface area contributed by atoms with E-state index in [1.807, 2.05) is 11.6 Å². The van der Waals surface area contributed by atoms with Gasteiger partial charge in [0.25, 0.3) is 0 Å². The standard InChI is InChI=1S/C16H20ClFN2/c1-4-14-16(11(3)17)15(5-2)20(19-14)10-12-6-8-13(18)9-7-12/h6-9,11H,4-5,10H2,1-3H3. The van der Waals surface area contributed by atoms with E-state index >= 15 is 0 Å². The minimum atomic E-state index is -0.214. The first-order chi connectivity index (χ1) is 9.56. The van der Waals surface area contributed by atoms with Crippen molar-refractivity contribution < 1.29 is 4.39 Å². The van der Waals surface area contributed by atoms with Crippen LogP contribution >= 0.6 is 11.6 Å². The Kier molecular flexibility index (Phi) is 4.81. The second-order valence-corrected chi connectivity index (χ2v) is 5.57. The van der Waals surface area contributed by atoms with Crippen LogP contribution in [0.25, 0.3) is 0 Å². The van der Waals surface area contributed by atoms with Crippen molar-refractivity contribution in [3.63, 3.8) is 0 Å². The number of halogens is 2. The van der Waals surface area contributed by atoms with Gasteiger partial charge in [-0.3, -0.25) is 4.68 Å². The number of alkyl halides is 1. The van der Waals surface area contributed by atoms with E-state index in [1.165, 1.54) is 17.8 Å². The fourth-order valence-corrected chi connectivity index (χ4v) is 2.80. The van der Waals surface area contributed by atoms with Crippen molar-refractivity contribution in [3.8, 4) is 0 Å². The van der Waals surface area contributed by atoms with E-state index in [-0.39, 0.29) is 11.2 Å². The molecule has 0 fully saturated rings. The zero-order valence-corrected chi connectivity index (χ0v) is 12.9. The van der Waals surface area contributed by atoms with Crippen LogP contribution in [0.1, 0.15) is 48.7 Å². The summed E-state index contributed by atoms with van der Waals surface area (Å²) in [4.78, 5) is 0. The van der Waals surface area contributed by atoms with Gasteiger partial charge in [0.1, 0.15) is 5.82 Å². The number of hydrogen-bond acceptors (Lipinski definition) is 1. The van der Waals surface area contributed by atoms with Crippen LogP contribution in [-0.2, 0) is 19.4 Å². The average molecular weight is 295 g/mol. The van der Waals surface area contributed by atoms with Crippen LogP contribution < -0.4 is 0 Å². The van der Waals surface area contributed by atoms with Crippen molar-refractivity contribution in [2.75, 3.05) is 0 Å². The third-order valence-electron chi connectivity index (χ3n) is 3.49. The molecule has 0 N–H and O–H groups in total. The van der Waals surface area contributed by atoms with E-state index in [9.17, 15) is 4.39 Å². The van der Waals surface area contributed by atoms with Gasteiger partial charge in [0.05, 0.1) is 17.6 Å². The van der Waals surface area contributed by atoms with Crippen LogP contribution in [0, 0.1) is 5.82 Å². The summed E-state index contributed by atoms with van der Waals surface area (Å²) in [5.41, 5.74) is 4.43. The summed E-state index contributed by atoms with van der Waals surface area (Å²) >= 11 is 6.31. The monoisotopic (exact) mass is 294 g/mol. The molecule has 0 bridgehead atoms. The highest BCUT2D eigenvalue weighted by atomic mass is 35.5. The van der Waals surface area contributed by atoms with E-state index in [4.69, 9.17) is 11.6 Å². The number of hydrogen-bond donors (Lipinski definition) is 0. The van der Waals surface area contributed by atoms with Crippen molar-refractivity contribution in [3.05, 3.63) is 52.6 Å². The second kappa shape index (κ2) is 6.40. The van der Waals surface area contributed by atoms with Gasteiger partial charge in [-0.25, -0.2) is 4.39 Å². The molecule has 0 spiro atoms. The number of aryl methyl sites for hydroxylation is 1. The Hall–Kier alpha value is -1.35. The lowest BCUT2D eigenvalue weighted by Crippen LogP contribution is -2.07. The lowest BCUT2D eigenvalue weighted by Gasteiger charge is -2.09. The topological polar surface area (TPSA) is 17.8 Å². The highest BCUT2D eigenvalue weighted by molar-refractivity contribution is 6.20. The Morgan fingerprint density at radius 2 is 1.85 bits per heavy atom. The van der Waals surface area contributed by atoms with Gasteiger partial charge in [0.15, 0.2) is 0 Å². The molecule has 0 amide bonds. The molecule has 20 heavy (non-hydrogen) atoms. The molecule has 0 saturated heterocycles. The van der Waals surface area contributed by atoms with Crippen LogP contribution in [0.3, 0.4) is 0 Å². The highest BCUT2D eigenvalue weighted by Gasteiger charge is 2.19. The van der Waals surface area contributed by atoms with Gasteiger partial charge < -0.3 is 0 Å². The summed E-state index contributed by atoms with van der Waals surface area (Å²) in [7, 11) is 0. The van der Waals surface area contributed by atoms with Gasteiger partial charge in [0, 0.05) is 11.3 Å². The molecule has 2 rings (SSSR count). The normalized spacial score (nSPS) is 12.7. The van der Waals surface area contributed by atoms with E-state index in [0.29, 0.717) is 6.54 Å². The minimum Gasteiger partial charge on any atom is -0.265 e. The summed E-state index contributed by atoms with van der Waals surface area (Å²) in [6.45, 7) is 6.84. The van der Waals surface area contributed by atoms with E-state index < -0.39 is 0 Å². The molecule has 0 aliphatic carbocycles. The van der Waals surface area contributed by atoms with Gasteiger partial charge in [-0.15, -0.1) is 11.6 Å². The number of nitrogens with zero attached hydrogens (tertiary/aromatic N) is 2. The van der Waals surface area contributed by atoms with Crippen LogP contribution in [0.15, 0.2) is 24.3 Å². The van der Waals surface area contributed by atoms with Crippen LogP contribution in [0.2, 0.25) is 0 Å². The van der Waals surface area contributed by atoms with Gasteiger partial charge in [-0.2, -0.15) is 5.10 Å². The summed E-state index contributed by atoms with van der Waals surface area (Å²) in [6.07, 6.45) is 1.76. The van der Waals surface area contributed by atoms with Crippen molar-refractivity contribution in [2.45, 2.75) is 45.5 Å². The first kappa shape index (κ1) is 15.0. The van der Waals surface area contributed by atoms with E-state index in [0.717, 1.165) is 29.7 Å². The highest BCUT2D eigenvalue weighted by Crippen LogP contribution is 2.28. The number of rotatable bonds is 5. The predicted octanol–water partition coefficient (Wildman–Crippen LogP) is 4.50. The largest absolute Gasteiger partial charge is 0.265 e. The molecule has 0 radical (unpaired) electrons. The Labute approximate surface area is 124 Å². The average Bonchev–Trinajstić information content (AvgIpc) is 2.79. The molecule has 1 unspecified atom stereocenters. The SMILES string of the molecule is CCc1nn(Cc2ccc(F)cc2)c(CC)c1C(C)Cl. The van der Waals surface area contributed by atoms with Gasteiger partial charge >= 0.3 is 0 Å². The molecule has 1 aromatic heterocycles. The molecule has 1 aromatic carbocycles. The molecule has 4 heteroatoms. The molecular formula is C16H20ClFN2. The lowest BCUT2D eigenvalue weighted by molar-refractivity contribution is 0.619. The molecule has 0 aliphatic rings. The van der Waals surface area contributed by atoms with Crippen LogP contribution in [-0.4, -0.2) is 9.78 Å². The van der Waals surface area contributed by atoms with E-state index in [1.54, 1.807) is 12.1 Å². The maximum atomic E-state index is 13.0. The zero-order valence-electron chi connectivity index (χ0n) is 12.2. The van der Waals surface area contributed by atoms with Gasteiger partial charge in [-0.1, -0.05) is 26.0 Å². The van der Waals surface area contributed by atoms with Crippen molar-refractivity contribution >= 4 is 11.6 Å². The van der Waals surface area contributed by atoms with Crippen molar-refractivity contribution in [2.24, 2.45) is 0 Å². The molecular weight excluding hydrogens is 275 g/mol. The van der Waals surface area contributed by atoms with E-state index in [2.05, 4.69) is 18.9 Å². The molecule has 2 aromatic rings. The summed E-state index contributed by atoms with van der Waals surface area (Å²) in [5.74, 6) is -0.214. The van der Waals surface area contributed by atoms with Crippen molar-refractivity contribution in [1.29, 1.82) is 0 Å². The molecule has 0 aliphatic heterocycles. The van der Waals surface area contributed by atoms with Gasteiger partial charge in [0.2, 0.25) is 0 Å². The quantitative estimate of drug-likeness (QED) is 0.743. The second-order valence-electron chi connectivity index (χ2n) is 4.91. The molecule has 2 nitrogen and oxygen atoms in total. The molecule has 0 saturated carbocycles. The Balaban J connectivity index is 2.38. The zero-order chi connectivity index (χ0) is 14.7. The lowest BCUT2D eigenvalue weighted by atomic mass is 10.1. The number of benzene rings is 1. The van der Waals surface area contributed by atoms with Crippen LogP contribution in [0.4, 0.5) is 4.39 Å². The fourth-order valence-electron chi connectivity index (χ4n) is 2.55. The minimum absolute atomic E-state index is 0.0399. The summed E-state index contributed by atoms with van der Waals surface area (Å²) in [5, 5.41) is 4.64. The number of aromatic nitrogens is 2. The molecule has 1 atom stereocenters. The maximum absolute atomic E-state index is 13.0. The predicted molar refractivity (Wildman–Crippen MR) is 80.8 cm³/mol. The first-order valence-corrected chi connectivity index (χ1v) is 7.47.